The first-order valence-corrected chi connectivity index (χ1v) is 19.6. The standard InChI is InChI=1S/C40H80O2/c1-6-7-8-9-10-11-12-13-14-15-16-17-18-19-20-21-22-23-26-31-36-42-40(41)39(35-30-29-33-38(4)5)34-28-25-24-27-32-37(2)3/h37-39H,6-36H2,1-5H3. The van der Waals surface area contributed by atoms with E-state index in [2.05, 4.69) is 34.6 Å². The van der Waals surface area contributed by atoms with Crippen LogP contribution in [0.4, 0.5) is 0 Å². The van der Waals surface area contributed by atoms with Crippen molar-refractivity contribution < 1.29 is 9.53 Å². The molecule has 1 atom stereocenters. The molecule has 2 heteroatoms. The van der Waals surface area contributed by atoms with Crippen molar-refractivity contribution in [2.24, 2.45) is 17.8 Å². The molecule has 0 spiro atoms. The quantitative estimate of drug-likeness (QED) is 0.0548. The van der Waals surface area contributed by atoms with Gasteiger partial charge in [0.25, 0.3) is 0 Å². The number of hydrogen-bond acceptors (Lipinski definition) is 2. The van der Waals surface area contributed by atoms with Gasteiger partial charge in [0.05, 0.1) is 12.5 Å². The zero-order chi connectivity index (χ0) is 30.9. The lowest BCUT2D eigenvalue weighted by Crippen LogP contribution is -2.18. The highest BCUT2D eigenvalue weighted by Crippen LogP contribution is 2.22. The van der Waals surface area contributed by atoms with E-state index < -0.39 is 0 Å². The Morgan fingerprint density at radius 3 is 1.07 bits per heavy atom. The molecule has 2 nitrogen and oxygen atoms in total. The number of ether oxygens (including phenoxy) is 1. The van der Waals surface area contributed by atoms with Gasteiger partial charge in [-0.2, -0.15) is 0 Å². The lowest BCUT2D eigenvalue weighted by molar-refractivity contribution is -0.149. The van der Waals surface area contributed by atoms with Crippen molar-refractivity contribution in [3.8, 4) is 0 Å². The van der Waals surface area contributed by atoms with E-state index in [1.54, 1.807) is 0 Å². The van der Waals surface area contributed by atoms with Gasteiger partial charge < -0.3 is 4.74 Å². The van der Waals surface area contributed by atoms with Gasteiger partial charge in [-0.15, -0.1) is 0 Å². The van der Waals surface area contributed by atoms with E-state index in [1.165, 1.54) is 173 Å². The third-order valence-electron chi connectivity index (χ3n) is 9.24. The highest BCUT2D eigenvalue weighted by atomic mass is 16.5. The van der Waals surface area contributed by atoms with Gasteiger partial charge >= 0.3 is 5.97 Å². The molecule has 0 aliphatic heterocycles. The maximum atomic E-state index is 12.9. The van der Waals surface area contributed by atoms with Gasteiger partial charge in [0.15, 0.2) is 0 Å². The average molecular weight is 593 g/mol. The predicted octanol–water partition coefficient (Wildman–Crippen LogP) is 14.2. The van der Waals surface area contributed by atoms with Crippen molar-refractivity contribution in [1.29, 1.82) is 0 Å². The van der Waals surface area contributed by atoms with Crippen molar-refractivity contribution in [3.63, 3.8) is 0 Å². The molecule has 252 valence electrons. The summed E-state index contributed by atoms with van der Waals surface area (Å²) in [5, 5.41) is 0. The molecular formula is C40H80O2. The fourth-order valence-corrected chi connectivity index (χ4v) is 6.27. The van der Waals surface area contributed by atoms with Crippen LogP contribution in [0.5, 0.6) is 0 Å². The number of hydrogen-bond donors (Lipinski definition) is 0. The monoisotopic (exact) mass is 593 g/mol. The number of carbonyl (C=O) groups is 1. The number of esters is 1. The molecule has 0 radical (unpaired) electrons. The van der Waals surface area contributed by atoms with Gasteiger partial charge in [-0.3, -0.25) is 4.79 Å². The normalized spacial score (nSPS) is 12.5. The van der Waals surface area contributed by atoms with Crippen LogP contribution in [-0.2, 0) is 9.53 Å². The summed E-state index contributed by atoms with van der Waals surface area (Å²) in [5.41, 5.74) is 0. The number of rotatable bonds is 34. The average Bonchev–Trinajstić information content (AvgIpc) is 2.96. The Morgan fingerprint density at radius 1 is 0.405 bits per heavy atom. The Hall–Kier alpha value is -0.530. The lowest BCUT2D eigenvalue weighted by atomic mass is 9.93. The first-order chi connectivity index (χ1) is 20.5. The van der Waals surface area contributed by atoms with Crippen LogP contribution in [0.3, 0.4) is 0 Å². The molecule has 0 saturated carbocycles. The largest absolute Gasteiger partial charge is 0.465 e. The van der Waals surface area contributed by atoms with Crippen LogP contribution in [0, 0.1) is 17.8 Å². The van der Waals surface area contributed by atoms with E-state index in [0.29, 0.717) is 6.61 Å². The minimum absolute atomic E-state index is 0.0968. The molecule has 1 unspecified atom stereocenters. The Bertz CT molecular complexity index is 526. The first kappa shape index (κ1) is 41.5. The Balaban J connectivity index is 3.66. The molecule has 0 aliphatic rings. The lowest BCUT2D eigenvalue weighted by Gasteiger charge is -2.16. The molecule has 0 rings (SSSR count). The van der Waals surface area contributed by atoms with E-state index in [1.807, 2.05) is 0 Å². The van der Waals surface area contributed by atoms with Crippen molar-refractivity contribution in [2.75, 3.05) is 6.61 Å². The summed E-state index contributed by atoms with van der Waals surface area (Å²) in [6.45, 7) is 12.1. The summed E-state index contributed by atoms with van der Waals surface area (Å²) < 4.78 is 5.79. The summed E-state index contributed by atoms with van der Waals surface area (Å²) in [6, 6.07) is 0. The van der Waals surface area contributed by atoms with Crippen LogP contribution in [0.1, 0.15) is 227 Å². The number of unbranched alkanes of at least 4 members (excludes halogenated alkanes) is 23. The van der Waals surface area contributed by atoms with Gasteiger partial charge in [-0.1, -0.05) is 208 Å². The Morgan fingerprint density at radius 2 is 0.690 bits per heavy atom. The topological polar surface area (TPSA) is 26.3 Å². The molecule has 42 heavy (non-hydrogen) atoms. The van der Waals surface area contributed by atoms with Crippen LogP contribution in [0.25, 0.3) is 0 Å². The van der Waals surface area contributed by atoms with Gasteiger partial charge in [0.2, 0.25) is 0 Å². The molecule has 0 aromatic heterocycles. The third kappa shape index (κ3) is 32.4. The summed E-state index contributed by atoms with van der Waals surface area (Å²) in [5.74, 6) is 1.80. The van der Waals surface area contributed by atoms with Crippen molar-refractivity contribution in [3.05, 3.63) is 0 Å². The second-order valence-electron chi connectivity index (χ2n) is 14.6. The fraction of sp³-hybridized carbons (Fsp3) is 0.975. The van der Waals surface area contributed by atoms with Crippen molar-refractivity contribution in [1.82, 2.24) is 0 Å². The molecule has 0 aliphatic carbocycles. The van der Waals surface area contributed by atoms with Gasteiger partial charge in [0, 0.05) is 0 Å². The van der Waals surface area contributed by atoms with Gasteiger partial charge in [-0.25, -0.2) is 0 Å². The third-order valence-corrected chi connectivity index (χ3v) is 9.24. The smallest absolute Gasteiger partial charge is 0.308 e. The van der Waals surface area contributed by atoms with Crippen LogP contribution < -0.4 is 0 Å². The molecule has 0 saturated heterocycles. The second kappa shape index (κ2) is 33.4. The van der Waals surface area contributed by atoms with Gasteiger partial charge in [0.1, 0.15) is 0 Å². The molecule has 0 aromatic rings. The minimum Gasteiger partial charge on any atom is -0.465 e. The highest BCUT2D eigenvalue weighted by molar-refractivity contribution is 5.72. The SMILES string of the molecule is CCCCCCCCCCCCCCCCCCCCCCOC(=O)C(CCCCCCC(C)C)CCCCC(C)C. The molecule has 0 heterocycles. The van der Waals surface area contributed by atoms with Crippen molar-refractivity contribution >= 4 is 5.97 Å². The maximum absolute atomic E-state index is 12.9. The second-order valence-corrected chi connectivity index (χ2v) is 14.6. The Labute approximate surface area is 266 Å². The molecule has 0 aromatic carbocycles. The van der Waals surface area contributed by atoms with Crippen LogP contribution in [-0.4, -0.2) is 12.6 Å². The van der Waals surface area contributed by atoms with Crippen LogP contribution >= 0.6 is 0 Å². The highest BCUT2D eigenvalue weighted by Gasteiger charge is 2.19. The summed E-state index contributed by atoms with van der Waals surface area (Å²) in [6.07, 6.45) is 40.1. The van der Waals surface area contributed by atoms with E-state index in [0.717, 1.165) is 31.1 Å². The van der Waals surface area contributed by atoms with E-state index in [-0.39, 0.29) is 11.9 Å². The summed E-state index contributed by atoms with van der Waals surface area (Å²) in [4.78, 5) is 12.9. The van der Waals surface area contributed by atoms with Crippen LogP contribution in [0.15, 0.2) is 0 Å². The first-order valence-electron chi connectivity index (χ1n) is 19.6. The van der Waals surface area contributed by atoms with Crippen molar-refractivity contribution in [2.45, 2.75) is 227 Å². The zero-order valence-electron chi connectivity index (χ0n) is 30.0. The fourth-order valence-electron chi connectivity index (χ4n) is 6.27. The zero-order valence-corrected chi connectivity index (χ0v) is 30.0. The van der Waals surface area contributed by atoms with E-state index in [4.69, 9.17) is 4.74 Å². The number of carbonyl (C=O) groups excluding carboxylic acids is 1. The predicted molar refractivity (Wildman–Crippen MR) is 188 cm³/mol. The van der Waals surface area contributed by atoms with E-state index >= 15 is 0 Å². The minimum atomic E-state index is 0.0968. The summed E-state index contributed by atoms with van der Waals surface area (Å²) in [7, 11) is 0. The summed E-state index contributed by atoms with van der Waals surface area (Å²) >= 11 is 0. The van der Waals surface area contributed by atoms with Crippen LogP contribution in [0.2, 0.25) is 0 Å². The molecule has 0 amide bonds. The molecule has 0 bridgehead atoms. The molecular weight excluding hydrogens is 512 g/mol. The Kier molecular flexibility index (Phi) is 32.9. The molecule has 0 fully saturated rings. The maximum Gasteiger partial charge on any atom is 0.308 e. The molecule has 0 N–H and O–H groups in total. The van der Waals surface area contributed by atoms with E-state index in [9.17, 15) is 4.79 Å². The van der Waals surface area contributed by atoms with Gasteiger partial charge in [-0.05, 0) is 31.1 Å².